The van der Waals surface area contributed by atoms with Crippen LogP contribution in [0, 0.1) is 0 Å². The summed E-state index contributed by atoms with van der Waals surface area (Å²) < 4.78 is 1.68. The highest BCUT2D eigenvalue weighted by Crippen LogP contribution is 2.25. The van der Waals surface area contributed by atoms with E-state index in [4.69, 9.17) is 0 Å². The van der Waals surface area contributed by atoms with E-state index in [1.54, 1.807) is 6.08 Å². The lowest BCUT2D eigenvalue weighted by atomic mass is 10.3. The molecule has 0 bridgehead atoms. The third-order valence-electron chi connectivity index (χ3n) is 2.24. The van der Waals surface area contributed by atoms with Crippen LogP contribution in [-0.2, 0) is 4.79 Å². The second kappa shape index (κ2) is 8.16. The molecule has 8 heteroatoms. The first-order chi connectivity index (χ1) is 10.2. The van der Waals surface area contributed by atoms with Crippen LogP contribution in [0.1, 0.15) is 0 Å². The molecule has 0 spiro atoms. The number of aromatic nitrogens is 2. The van der Waals surface area contributed by atoms with E-state index < -0.39 is 0 Å². The van der Waals surface area contributed by atoms with Gasteiger partial charge in [0.1, 0.15) is 0 Å². The fourth-order valence-electron chi connectivity index (χ4n) is 1.39. The number of hydrogen-bond donors (Lipinski definition) is 2. The van der Waals surface area contributed by atoms with Crippen molar-refractivity contribution in [2.75, 3.05) is 22.9 Å². The van der Waals surface area contributed by atoms with Crippen molar-refractivity contribution in [2.45, 2.75) is 4.34 Å². The van der Waals surface area contributed by atoms with E-state index in [9.17, 15) is 4.79 Å². The average Bonchev–Trinajstić information content (AvgIpc) is 2.91. The predicted molar refractivity (Wildman–Crippen MR) is 92.1 cm³/mol. The minimum atomic E-state index is -0.0751. The minimum Gasteiger partial charge on any atom is -0.357 e. The first-order valence-corrected chi connectivity index (χ1v) is 8.63. The van der Waals surface area contributed by atoms with Crippen molar-refractivity contribution in [3.8, 4) is 0 Å². The Kier molecular flexibility index (Phi) is 6.21. The van der Waals surface area contributed by atoms with Crippen LogP contribution in [0.15, 0.2) is 45.7 Å². The average molecular weight is 385 g/mol. The number of nitrogens with zero attached hydrogens (tertiary/aromatic N) is 2. The molecule has 0 aliphatic rings. The van der Waals surface area contributed by atoms with Crippen LogP contribution in [0.3, 0.4) is 0 Å². The van der Waals surface area contributed by atoms with Crippen LogP contribution in [0.5, 0.6) is 0 Å². The molecule has 110 valence electrons. The smallest absolute Gasteiger partial charge is 0.234 e. The van der Waals surface area contributed by atoms with Crippen molar-refractivity contribution in [1.29, 1.82) is 0 Å². The van der Waals surface area contributed by atoms with Gasteiger partial charge in [0.25, 0.3) is 0 Å². The number of benzene rings is 1. The quantitative estimate of drug-likeness (QED) is 0.563. The molecular weight excluding hydrogens is 372 g/mol. The van der Waals surface area contributed by atoms with Crippen LogP contribution in [0.25, 0.3) is 0 Å². The van der Waals surface area contributed by atoms with Gasteiger partial charge in [-0.3, -0.25) is 4.79 Å². The van der Waals surface area contributed by atoms with Gasteiger partial charge in [-0.05, 0) is 18.2 Å². The number of thioether (sulfide) groups is 1. The number of amides is 1. The van der Waals surface area contributed by atoms with Gasteiger partial charge in [0.05, 0.1) is 5.75 Å². The number of anilines is 2. The second-order valence-electron chi connectivity index (χ2n) is 3.89. The van der Waals surface area contributed by atoms with Gasteiger partial charge >= 0.3 is 0 Å². The molecule has 2 N–H and O–H groups in total. The third kappa shape index (κ3) is 5.49. The van der Waals surface area contributed by atoms with Crippen LogP contribution in [-0.4, -0.2) is 28.4 Å². The highest BCUT2D eigenvalue weighted by atomic mass is 79.9. The molecular formula is C13H13BrN4OS2. The zero-order chi connectivity index (χ0) is 15.1. The summed E-state index contributed by atoms with van der Waals surface area (Å²) in [5.74, 6) is 0.219. The second-order valence-corrected chi connectivity index (χ2v) is 7.01. The zero-order valence-corrected chi connectivity index (χ0v) is 14.2. The van der Waals surface area contributed by atoms with E-state index >= 15 is 0 Å². The van der Waals surface area contributed by atoms with Gasteiger partial charge in [0.2, 0.25) is 11.0 Å². The fraction of sp³-hybridized carbons (Fsp3) is 0.154. The Labute approximate surface area is 139 Å². The van der Waals surface area contributed by atoms with E-state index in [0.29, 0.717) is 12.3 Å². The van der Waals surface area contributed by atoms with Crippen LogP contribution in [0.4, 0.5) is 10.8 Å². The number of halogens is 1. The Hall–Kier alpha value is -1.38. The Morgan fingerprint density at radius 2 is 2.33 bits per heavy atom. The molecule has 2 aromatic rings. The topological polar surface area (TPSA) is 66.9 Å². The van der Waals surface area contributed by atoms with Gasteiger partial charge in [-0.25, -0.2) is 0 Å². The molecule has 0 aliphatic heterocycles. The zero-order valence-electron chi connectivity index (χ0n) is 11.0. The maximum Gasteiger partial charge on any atom is 0.234 e. The van der Waals surface area contributed by atoms with Crippen molar-refractivity contribution in [1.82, 2.24) is 10.2 Å². The van der Waals surface area contributed by atoms with Gasteiger partial charge in [-0.2, -0.15) is 0 Å². The first-order valence-electron chi connectivity index (χ1n) is 6.04. The van der Waals surface area contributed by atoms with E-state index in [-0.39, 0.29) is 5.91 Å². The molecule has 0 radical (unpaired) electrons. The summed E-state index contributed by atoms with van der Waals surface area (Å²) in [6.07, 6.45) is 1.75. The van der Waals surface area contributed by atoms with Gasteiger partial charge in [0.15, 0.2) is 4.34 Å². The lowest BCUT2D eigenvalue weighted by Gasteiger charge is -2.04. The molecule has 0 saturated heterocycles. The van der Waals surface area contributed by atoms with Gasteiger partial charge in [0, 0.05) is 16.7 Å². The molecule has 0 unspecified atom stereocenters. The predicted octanol–water partition coefficient (Wildman–Crippen LogP) is 3.63. The number of rotatable bonds is 7. The molecule has 1 aromatic carbocycles. The summed E-state index contributed by atoms with van der Waals surface area (Å²) in [7, 11) is 0. The fourth-order valence-corrected chi connectivity index (χ4v) is 3.35. The van der Waals surface area contributed by atoms with Crippen molar-refractivity contribution in [3.63, 3.8) is 0 Å². The molecule has 21 heavy (non-hydrogen) atoms. The molecule has 0 atom stereocenters. The highest BCUT2D eigenvalue weighted by molar-refractivity contribution is 9.10. The number of hydrogen-bond acceptors (Lipinski definition) is 6. The Morgan fingerprint density at radius 3 is 3.10 bits per heavy atom. The van der Waals surface area contributed by atoms with Crippen molar-refractivity contribution < 1.29 is 4.79 Å². The molecule has 1 aromatic heterocycles. The maximum absolute atomic E-state index is 11.9. The first kappa shape index (κ1) is 16.0. The maximum atomic E-state index is 11.9. The van der Waals surface area contributed by atoms with Gasteiger partial charge in [-0.1, -0.05) is 51.2 Å². The van der Waals surface area contributed by atoms with E-state index in [0.717, 1.165) is 19.6 Å². The third-order valence-corrected chi connectivity index (χ3v) is 4.75. The molecule has 0 saturated carbocycles. The summed E-state index contributed by atoms with van der Waals surface area (Å²) in [6.45, 7) is 4.26. The SMILES string of the molecule is C=CCNc1nnc(SCC(=O)Nc2cccc(Br)c2)s1. The molecule has 2 rings (SSSR count). The number of carbonyl (C=O) groups excluding carboxylic acids is 1. The highest BCUT2D eigenvalue weighted by Gasteiger charge is 2.08. The number of nitrogens with one attached hydrogen (secondary N) is 2. The normalized spacial score (nSPS) is 10.1. The Balaban J connectivity index is 1.81. The van der Waals surface area contributed by atoms with Crippen molar-refractivity contribution in [2.24, 2.45) is 0 Å². The largest absolute Gasteiger partial charge is 0.357 e. The molecule has 1 heterocycles. The Bertz CT molecular complexity index is 632. The van der Waals surface area contributed by atoms with Crippen molar-refractivity contribution >= 4 is 55.8 Å². The summed E-state index contributed by atoms with van der Waals surface area (Å²) in [5.41, 5.74) is 0.764. The van der Waals surface area contributed by atoms with E-state index in [1.165, 1.54) is 23.1 Å². The minimum absolute atomic E-state index is 0.0751. The molecule has 5 nitrogen and oxygen atoms in total. The molecule has 0 fully saturated rings. The summed E-state index contributed by atoms with van der Waals surface area (Å²) in [6, 6.07) is 7.47. The Morgan fingerprint density at radius 1 is 1.48 bits per heavy atom. The lowest BCUT2D eigenvalue weighted by Crippen LogP contribution is -2.13. The van der Waals surface area contributed by atoms with Crippen LogP contribution >= 0.6 is 39.0 Å². The molecule has 1 amide bonds. The van der Waals surface area contributed by atoms with E-state index in [2.05, 4.69) is 43.3 Å². The monoisotopic (exact) mass is 384 g/mol. The number of carbonyl (C=O) groups is 1. The van der Waals surface area contributed by atoms with Gasteiger partial charge in [-0.15, -0.1) is 16.8 Å². The van der Waals surface area contributed by atoms with Gasteiger partial charge < -0.3 is 10.6 Å². The summed E-state index contributed by atoms with van der Waals surface area (Å²) >= 11 is 6.14. The lowest BCUT2D eigenvalue weighted by molar-refractivity contribution is -0.113. The van der Waals surface area contributed by atoms with Crippen molar-refractivity contribution in [3.05, 3.63) is 41.4 Å². The molecule has 0 aliphatic carbocycles. The van der Waals surface area contributed by atoms with Crippen LogP contribution < -0.4 is 10.6 Å². The summed E-state index contributed by atoms with van der Waals surface area (Å²) in [5, 5.41) is 14.6. The summed E-state index contributed by atoms with van der Waals surface area (Å²) in [4.78, 5) is 11.9. The van der Waals surface area contributed by atoms with Crippen LogP contribution in [0.2, 0.25) is 0 Å². The standard InChI is InChI=1S/C13H13BrN4OS2/c1-2-6-15-12-17-18-13(21-12)20-8-11(19)16-10-5-3-4-9(14)7-10/h2-5,7H,1,6,8H2,(H,15,17)(H,16,19). The van der Waals surface area contributed by atoms with E-state index in [1.807, 2.05) is 24.3 Å².